The zero-order valence-corrected chi connectivity index (χ0v) is 10.1. The van der Waals surface area contributed by atoms with Crippen molar-refractivity contribution in [3.63, 3.8) is 0 Å². The van der Waals surface area contributed by atoms with E-state index in [2.05, 4.69) is 28.0 Å². The molecule has 1 unspecified atom stereocenters. The Morgan fingerprint density at radius 2 is 2.31 bits per heavy atom. The third-order valence-electron chi connectivity index (χ3n) is 3.16. The first-order valence-corrected chi connectivity index (χ1v) is 5.92. The van der Waals surface area contributed by atoms with Crippen LogP contribution in [-0.4, -0.2) is 35.0 Å². The first-order valence-electron chi connectivity index (χ1n) is 5.92. The van der Waals surface area contributed by atoms with Crippen molar-refractivity contribution in [2.24, 2.45) is 5.73 Å². The van der Waals surface area contributed by atoms with Crippen molar-refractivity contribution in [3.8, 4) is 0 Å². The lowest BCUT2D eigenvalue weighted by Gasteiger charge is -2.29. The third kappa shape index (κ3) is 2.57. The molecule has 0 spiro atoms. The molecular weight excluding hydrogens is 200 g/mol. The van der Waals surface area contributed by atoms with Gasteiger partial charge in [-0.05, 0) is 39.4 Å². The van der Waals surface area contributed by atoms with Crippen molar-refractivity contribution < 1.29 is 0 Å². The summed E-state index contributed by atoms with van der Waals surface area (Å²) in [5, 5.41) is 0. The average molecular weight is 220 g/mol. The lowest BCUT2D eigenvalue weighted by Crippen LogP contribution is -2.31. The third-order valence-corrected chi connectivity index (χ3v) is 3.16. The fraction of sp³-hybridized carbons (Fsp3) is 0.667. The van der Waals surface area contributed by atoms with Gasteiger partial charge in [0.1, 0.15) is 5.82 Å². The Labute approximate surface area is 96.9 Å². The van der Waals surface area contributed by atoms with E-state index in [1.165, 1.54) is 25.1 Å². The molecule has 4 heteroatoms. The van der Waals surface area contributed by atoms with E-state index >= 15 is 0 Å². The molecule has 2 rings (SSSR count). The van der Waals surface area contributed by atoms with Gasteiger partial charge in [0, 0.05) is 24.7 Å². The number of nitrogens with two attached hydrogens (primary N) is 1. The van der Waals surface area contributed by atoms with Crippen LogP contribution >= 0.6 is 0 Å². The molecule has 1 aliphatic heterocycles. The van der Waals surface area contributed by atoms with E-state index in [4.69, 9.17) is 5.73 Å². The topological polar surface area (TPSA) is 55.0 Å². The highest BCUT2D eigenvalue weighted by atomic mass is 15.1. The molecule has 16 heavy (non-hydrogen) atoms. The van der Waals surface area contributed by atoms with Crippen molar-refractivity contribution in [2.45, 2.75) is 32.2 Å². The first kappa shape index (κ1) is 11.5. The van der Waals surface area contributed by atoms with Crippen LogP contribution in [0, 0.1) is 6.92 Å². The second-order valence-electron chi connectivity index (χ2n) is 4.64. The molecule has 0 aliphatic carbocycles. The smallest absolute Gasteiger partial charge is 0.125 e. The number of nitrogens with zero attached hydrogens (tertiary/aromatic N) is 3. The molecule has 88 valence electrons. The molecular formula is C12H20N4. The summed E-state index contributed by atoms with van der Waals surface area (Å²) in [6.07, 6.45) is 2.48. The number of rotatable bonds is 2. The molecule has 0 bridgehead atoms. The normalized spacial score (nSPS) is 22.3. The zero-order chi connectivity index (χ0) is 11.5. The maximum absolute atomic E-state index is 5.64. The van der Waals surface area contributed by atoms with Gasteiger partial charge in [-0.25, -0.2) is 9.97 Å². The van der Waals surface area contributed by atoms with E-state index in [0.29, 0.717) is 12.5 Å². The van der Waals surface area contributed by atoms with Gasteiger partial charge >= 0.3 is 0 Å². The summed E-state index contributed by atoms with van der Waals surface area (Å²) in [5.74, 6) is 1.39. The highest BCUT2D eigenvalue weighted by molar-refractivity contribution is 5.16. The largest absolute Gasteiger partial charge is 0.325 e. The molecule has 0 amide bonds. The fourth-order valence-corrected chi connectivity index (χ4v) is 2.38. The van der Waals surface area contributed by atoms with Crippen LogP contribution in [0.25, 0.3) is 0 Å². The number of likely N-dealkylation sites (tertiary alicyclic amines) is 1. The fourth-order valence-electron chi connectivity index (χ4n) is 2.38. The van der Waals surface area contributed by atoms with E-state index < -0.39 is 0 Å². The Morgan fingerprint density at radius 1 is 1.50 bits per heavy atom. The van der Waals surface area contributed by atoms with Crippen molar-refractivity contribution >= 4 is 0 Å². The Morgan fingerprint density at radius 3 is 3.00 bits per heavy atom. The van der Waals surface area contributed by atoms with Crippen molar-refractivity contribution in [1.82, 2.24) is 14.9 Å². The number of hydrogen-bond donors (Lipinski definition) is 1. The summed E-state index contributed by atoms with van der Waals surface area (Å²) in [6.45, 7) is 4.74. The number of piperidine rings is 1. The number of aryl methyl sites for hydroxylation is 1. The minimum Gasteiger partial charge on any atom is -0.325 e. The van der Waals surface area contributed by atoms with E-state index in [0.717, 1.165) is 18.1 Å². The Kier molecular flexibility index (Phi) is 3.51. The molecule has 0 radical (unpaired) electrons. The molecule has 2 heterocycles. The maximum Gasteiger partial charge on any atom is 0.125 e. The molecule has 1 fully saturated rings. The van der Waals surface area contributed by atoms with Crippen molar-refractivity contribution in [3.05, 3.63) is 23.3 Å². The summed E-state index contributed by atoms with van der Waals surface area (Å²) in [6, 6.07) is 2.07. The molecule has 0 aromatic carbocycles. The Bertz CT molecular complexity index is 364. The average Bonchev–Trinajstić information content (AvgIpc) is 2.28. The summed E-state index contributed by atoms with van der Waals surface area (Å²) in [7, 11) is 2.17. The number of hydrogen-bond acceptors (Lipinski definition) is 4. The summed E-state index contributed by atoms with van der Waals surface area (Å²) < 4.78 is 0. The van der Waals surface area contributed by atoms with Crippen LogP contribution in [0.15, 0.2) is 6.07 Å². The van der Waals surface area contributed by atoms with Gasteiger partial charge in [0.25, 0.3) is 0 Å². The van der Waals surface area contributed by atoms with Crippen LogP contribution in [0.2, 0.25) is 0 Å². The lowest BCUT2D eigenvalue weighted by atomic mass is 9.94. The Balaban J connectivity index is 2.21. The van der Waals surface area contributed by atoms with Crippen LogP contribution < -0.4 is 5.73 Å². The van der Waals surface area contributed by atoms with E-state index in [9.17, 15) is 0 Å². The second-order valence-corrected chi connectivity index (χ2v) is 4.64. The SMILES string of the molecule is Cc1nc(CN)cc(C2CCCN(C)C2)n1. The van der Waals surface area contributed by atoms with Crippen molar-refractivity contribution in [1.29, 1.82) is 0 Å². The molecule has 4 nitrogen and oxygen atoms in total. The highest BCUT2D eigenvalue weighted by Crippen LogP contribution is 2.25. The molecule has 1 aliphatic rings. The molecule has 1 saturated heterocycles. The van der Waals surface area contributed by atoms with Crippen LogP contribution in [0.1, 0.15) is 36.0 Å². The van der Waals surface area contributed by atoms with Gasteiger partial charge in [0.15, 0.2) is 0 Å². The van der Waals surface area contributed by atoms with Crippen LogP contribution in [-0.2, 0) is 6.54 Å². The van der Waals surface area contributed by atoms with Crippen LogP contribution in [0.3, 0.4) is 0 Å². The van der Waals surface area contributed by atoms with Gasteiger partial charge in [-0.15, -0.1) is 0 Å². The second kappa shape index (κ2) is 4.89. The summed E-state index contributed by atoms with van der Waals surface area (Å²) in [4.78, 5) is 11.2. The standard InChI is InChI=1S/C12H20N4/c1-9-14-11(7-13)6-12(15-9)10-4-3-5-16(2)8-10/h6,10H,3-5,7-8,13H2,1-2H3. The minimum atomic E-state index is 0.499. The van der Waals surface area contributed by atoms with Crippen molar-refractivity contribution in [2.75, 3.05) is 20.1 Å². The van der Waals surface area contributed by atoms with Gasteiger partial charge in [-0.2, -0.15) is 0 Å². The molecule has 1 aromatic heterocycles. The first-order chi connectivity index (χ1) is 7.69. The minimum absolute atomic E-state index is 0.499. The van der Waals surface area contributed by atoms with Crippen LogP contribution in [0.4, 0.5) is 0 Å². The predicted molar refractivity (Wildman–Crippen MR) is 64.1 cm³/mol. The predicted octanol–water partition coefficient (Wildman–Crippen LogP) is 1.05. The van der Waals surface area contributed by atoms with Gasteiger partial charge in [0.05, 0.1) is 5.69 Å². The van der Waals surface area contributed by atoms with Gasteiger partial charge in [-0.1, -0.05) is 0 Å². The zero-order valence-electron chi connectivity index (χ0n) is 10.1. The van der Waals surface area contributed by atoms with Gasteiger partial charge in [0.2, 0.25) is 0 Å². The number of aromatic nitrogens is 2. The monoisotopic (exact) mass is 220 g/mol. The molecule has 2 N–H and O–H groups in total. The molecule has 0 saturated carbocycles. The van der Waals surface area contributed by atoms with Crippen LogP contribution in [0.5, 0.6) is 0 Å². The Hall–Kier alpha value is -1.00. The van der Waals surface area contributed by atoms with E-state index in [-0.39, 0.29) is 0 Å². The molecule has 1 aromatic rings. The van der Waals surface area contributed by atoms with E-state index in [1.54, 1.807) is 0 Å². The maximum atomic E-state index is 5.64. The van der Waals surface area contributed by atoms with Gasteiger partial charge < -0.3 is 10.6 Å². The highest BCUT2D eigenvalue weighted by Gasteiger charge is 2.20. The lowest BCUT2D eigenvalue weighted by molar-refractivity contribution is 0.248. The molecule has 1 atom stereocenters. The summed E-state index contributed by atoms with van der Waals surface area (Å²) in [5.41, 5.74) is 7.76. The summed E-state index contributed by atoms with van der Waals surface area (Å²) >= 11 is 0. The quantitative estimate of drug-likeness (QED) is 0.809. The van der Waals surface area contributed by atoms with E-state index in [1.807, 2.05) is 6.92 Å². The number of likely N-dealkylation sites (N-methyl/N-ethyl adjacent to an activating group) is 1. The van der Waals surface area contributed by atoms with Gasteiger partial charge in [-0.3, -0.25) is 0 Å².